The molecule has 3 aromatic rings. The molecule has 1 aromatic carbocycles. The molecule has 2 aromatic heterocycles. The third kappa shape index (κ3) is 2.59. The van der Waals surface area contributed by atoms with Crippen LogP contribution in [0.25, 0.3) is 9.40 Å². The minimum absolute atomic E-state index is 0.235. The van der Waals surface area contributed by atoms with Crippen molar-refractivity contribution in [3.05, 3.63) is 51.2 Å². The van der Waals surface area contributed by atoms with E-state index < -0.39 is 0 Å². The summed E-state index contributed by atoms with van der Waals surface area (Å²) >= 11 is 3.68. The van der Waals surface area contributed by atoms with E-state index in [1.54, 1.807) is 7.11 Å². The van der Waals surface area contributed by atoms with Crippen molar-refractivity contribution in [1.29, 1.82) is 0 Å². The summed E-state index contributed by atoms with van der Waals surface area (Å²) in [5.41, 5.74) is 3.76. The van der Waals surface area contributed by atoms with Crippen molar-refractivity contribution in [3.8, 4) is 5.75 Å². The molecule has 110 valence electrons. The van der Waals surface area contributed by atoms with E-state index in [4.69, 9.17) is 4.74 Å². The number of fused-ring (bicyclic) bond motifs is 1. The average Bonchev–Trinajstić information content (AvgIpc) is 3.04. The quantitative estimate of drug-likeness (QED) is 0.739. The van der Waals surface area contributed by atoms with Gasteiger partial charge in [-0.1, -0.05) is 6.07 Å². The highest BCUT2D eigenvalue weighted by molar-refractivity contribution is 7.27. The predicted octanol–water partition coefficient (Wildman–Crippen LogP) is 4.90. The van der Waals surface area contributed by atoms with Gasteiger partial charge >= 0.3 is 0 Å². The topological polar surface area (TPSA) is 21.3 Å². The minimum Gasteiger partial charge on any atom is -0.496 e. The third-order valence-corrected chi connectivity index (χ3v) is 5.98. The normalized spacial score (nSPS) is 12.8. The molecule has 4 heteroatoms. The smallest absolute Gasteiger partial charge is 0.122 e. The summed E-state index contributed by atoms with van der Waals surface area (Å²) in [4.78, 5) is 1.37. The third-order valence-electron chi connectivity index (χ3n) is 3.83. The van der Waals surface area contributed by atoms with Gasteiger partial charge in [0, 0.05) is 14.3 Å². The van der Waals surface area contributed by atoms with E-state index in [-0.39, 0.29) is 6.04 Å². The van der Waals surface area contributed by atoms with Crippen LogP contribution in [0.15, 0.2) is 29.6 Å². The number of rotatable bonds is 4. The Morgan fingerprint density at radius 2 is 1.90 bits per heavy atom. The number of nitrogens with one attached hydrogen (secondary N) is 1. The molecule has 1 atom stereocenters. The molecule has 0 bridgehead atoms. The molecule has 0 amide bonds. The standard InChI is InChI=1S/C17H19NOS2/c1-10-8-13(19-4)11(2)7-12(10)17(18-3)16-9-15-14(21-16)5-6-20-15/h5-9,17-18H,1-4H3. The largest absolute Gasteiger partial charge is 0.496 e. The summed E-state index contributed by atoms with van der Waals surface area (Å²) in [7, 11) is 3.75. The first-order chi connectivity index (χ1) is 10.1. The molecule has 1 unspecified atom stereocenters. The van der Waals surface area contributed by atoms with Crippen LogP contribution >= 0.6 is 22.7 Å². The minimum atomic E-state index is 0.235. The van der Waals surface area contributed by atoms with Crippen molar-refractivity contribution >= 4 is 32.1 Å². The number of methoxy groups -OCH3 is 1. The number of hydrogen-bond donors (Lipinski definition) is 1. The fraction of sp³-hybridized carbons (Fsp3) is 0.294. The number of hydrogen-bond acceptors (Lipinski definition) is 4. The van der Waals surface area contributed by atoms with Gasteiger partial charge in [0.25, 0.3) is 0 Å². The van der Waals surface area contributed by atoms with Gasteiger partial charge in [-0.15, -0.1) is 22.7 Å². The summed E-state index contributed by atoms with van der Waals surface area (Å²) in [6, 6.07) is 9.12. The summed E-state index contributed by atoms with van der Waals surface area (Å²) in [6.45, 7) is 4.25. The second kappa shape index (κ2) is 5.79. The van der Waals surface area contributed by atoms with Crippen LogP contribution in [0.3, 0.4) is 0 Å². The van der Waals surface area contributed by atoms with Gasteiger partial charge in [-0.05, 0) is 61.2 Å². The molecule has 3 rings (SSSR count). The molecule has 0 aliphatic rings. The van der Waals surface area contributed by atoms with E-state index in [1.807, 2.05) is 29.7 Å². The lowest BCUT2D eigenvalue weighted by Gasteiger charge is -2.19. The predicted molar refractivity (Wildman–Crippen MR) is 93.1 cm³/mol. The summed E-state index contributed by atoms with van der Waals surface area (Å²) in [5, 5.41) is 5.62. The van der Waals surface area contributed by atoms with Gasteiger partial charge in [-0.3, -0.25) is 0 Å². The Labute approximate surface area is 133 Å². The first-order valence-corrected chi connectivity index (χ1v) is 8.63. The highest BCUT2D eigenvalue weighted by atomic mass is 32.1. The van der Waals surface area contributed by atoms with Crippen LogP contribution in [0.2, 0.25) is 0 Å². The van der Waals surface area contributed by atoms with Gasteiger partial charge in [-0.25, -0.2) is 0 Å². The maximum absolute atomic E-state index is 5.42. The maximum Gasteiger partial charge on any atom is 0.122 e. The Kier molecular flexibility index (Phi) is 4.02. The Hall–Kier alpha value is -1.36. The van der Waals surface area contributed by atoms with Crippen molar-refractivity contribution in [2.24, 2.45) is 0 Å². The molecular weight excluding hydrogens is 298 g/mol. The summed E-state index contributed by atoms with van der Waals surface area (Å²) < 4.78 is 8.17. The molecule has 0 aliphatic heterocycles. The van der Waals surface area contributed by atoms with Gasteiger partial charge in [0.2, 0.25) is 0 Å². The molecule has 2 nitrogen and oxygen atoms in total. The van der Waals surface area contributed by atoms with E-state index in [2.05, 4.69) is 48.8 Å². The van der Waals surface area contributed by atoms with Gasteiger partial charge in [0.15, 0.2) is 0 Å². The SMILES string of the molecule is CNC(c1cc2sccc2s1)c1cc(C)c(OC)cc1C. The first-order valence-electron chi connectivity index (χ1n) is 6.93. The molecule has 0 spiro atoms. The van der Waals surface area contributed by atoms with E-state index in [1.165, 1.54) is 31.0 Å². The Bertz CT molecular complexity index is 744. The van der Waals surface area contributed by atoms with Gasteiger partial charge < -0.3 is 10.1 Å². The maximum atomic E-state index is 5.42. The van der Waals surface area contributed by atoms with Crippen LogP contribution in [-0.2, 0) is 0 Å². The Balaban J connectivity index is 2.07. The van der Waals surface area contributed by atoms with E-state index in [0.717, 1.165) is 5.75 Å². The molecule has 0 saturated carbocycles. The Morgan fingerprint density at radius 3 is 2.57 bits per heavy atom. The monoisotopic (exact) mass is 317 g/mol. The lowest BCUT2D eigenvalue weighted by Crippen LogP contribution is -2.17. The van der Waals surface area contributed by atoms with Crippen LogP contribution in [0, 0.1) is 13.8 Å². The molecular formula is C17H19NOS2. The first kappa shape index (κ1) is 14.6. The highest BCUT2D eigenvalue weighted by Gasteiger charge is 2.18. The number of benzene rings is 1. The van der Waals surface area contributed by atoms with Crippen molar-refractivity contribution in [3.63, 3.8) is 0 Å². The average molecular weight is 317 g/mol. The number of thiophene rings is 2. The van der Waals surface area contributed by atoms with Gasteiger partial charge in [-0.2, -0.15) is 0 Å². The summed E-state index contributed by atoms with van der Waals surface area (Å²) in [6.07, 6.45) is 0. The zero-order valence-electron chi connectivity index (χ0n) is 12.7. The number of ether oxygens (including phenoxy) is 1. The fourth-order valence-corrected chi connectivity index (χ4v) is 4.97. The molecule has 0 radical (unpaired) electrons. The van der Waals surface area contributed by atoms with E-state index >= 15 is 0 Å². The highest BCUT2D eigenvalue weighted by Crippen LogP contribution is 2.37. The van der Waals surface area contributed by atoms with Crippen LogP contribution in [0.4, 0.5) is 0 Å². The molecule has 21 heavy (non-hydrogen) atoms. The second-order valence-electron chi connectivity index (χ2n) is 5.20. The zero-order valence-corrected chi connectivity index (χ0v) is 14.3. The van der Waals surface area contributed by atoms with E-state index in [0.29, 0.717) is 0 Å². The van der Waals surface area contributed by atoms with Crippen LogP contribution in [-0.4, -0.2) is 14.2 Å². The van der Waals surface area contributed by atoms with Gasteiger partial charge in [0.05, 0.1) is 13.2 Å². The van der Waals surface area contributed by atoms with Crippen molar-refractivity contribution in [2.75, 3.05) is 14.2 Å². The van der Waals surface area contributed by atoms with Crippen molar-refractivity contribution < 1.29 is 4.74 Å². The Morgan fingerprint density at radius 1 is 1.10 bits per heavy atom. The van der Waals surface area contributed by atoms with Crippen molar-refractivity contribution in [1.82, 2.24) is 5.32 Å². The second-order valence-corrected chi connectivity index (χ2v) is 7.26. The molecule has 1 N–H and O–H groups in total. The van der Waals surface area contributed by atoms with Crippen molar-refractivity contribution in [2.45, 2.75) is 19.9 Å². The van der Waals surface area contributed by atoms with Crippen LogP contribution in [0.1, 0.15) is 27.6 Å². The molecule has 0 aliphatic carbocycles. The molecule has 0 saturated heterocycles. The van der Waals surface area contributed by atoms with Crippen LogP contribution < -0.4 is 10.1 Å². The summed E-state index contributed by atoms with van der Waals surface area (Å²) in [5.74, 6) is 0.957. The lowest BCUT2D eigenvalue weighted by molar-refractivity contribution is 0.411. The van der Waals surface area contributed by atoms with E-state index in [9.17, 15) is 0 Å². The zero-order chi connectivity index (χ0) is 15.0. The fourth-order valence-electron chi connectivity index (χ4n) is 2.72. The molecule has 0 fully saturated rings. The molecule has 2 heterocycles. The lowest BCUT2D eigenvalue weighted by atomic mass is 9.97. The van der Waals surface area contributed by atoms with Crippen LogP contribution in [0.5, 0.6) is 5.75 Å². The number of aryl methyl sites for hydroxylation is 2. The van der Waals surface area contributed by atoms with Gasteiger partial charge in [0.1, 0.15) is 5.75 Å².